The monoisotopic (exact) mass is 336 g/mol. The molecule has 24 heavy (non-hydrogen) atoms. The highest BCUT2D eigenvalue weighted by Crippen LogP contribution is 2.41. The van der Waals surface area contributed by atoms with Gasteiger partial charge in [-0.15, -0.1) is 0 Å². The van der Waals surface area contributed by atoms with Gasteiger partial charge in [0.1, 0.15) is 11.5 Å². The quantitative estimate of drug-likeness (QED) is 0.821. The molecule has 134 valence electrons. The van der Waals surface area contributed by atoms with Gasteiger partial charge in [-0.05, 0) is 44.2 Å². The SMILES string of the molecule is COc1cc2c(c(OC)c1)[C@H](OC)O[C@@H](C[C@H]1CCC[C@@H](C)O1)C2. The Morgan fingerprint density at radius 2 is 1.88 bits per heavy atom. The van der Waals surface area contributed by atoms with Crippen LogP contribution < -0.4 is 9.47 Å². The molecule has 1 aromatic carbocycles. The van der Waals surface area contributed by atoms with Crippen molar-refractivity contribution < 1.29 is 23.7 Å². The first kappa shape index (κ1) is 17.5. The summed E-state index contributed by atoms with van der Waals surface area (Å²) in [7, 11) is 4.99. The van der Waals surface area contributed by atoms with Crippen LogP contribution in [0, 0.1) is 0 Å². The third kappa shape index (κ3) is 3.68. The Hall–Kier alpha value is -1.30. The maximum absolute atomic E-state index is 6.19. The molecule has 1 fully saturated rings. The molecule has 0 radical (unpaired) electrons. The minimum absolute atomic E-state index is 0.0783. The normalized spacial score (nSPS) is 29.8. The highest BCUT2D eigenvalue weighted by Gasteiger charge is 2.33. The molecule has 2 heterocycles. The van der Waals surface area contributed by atoms with Crippen LogP contribution in [0.4, 0.5) is 0 Å². The van der Waals surface area contributed by atoms with E-state index in [-0.39, 0.29) is 12.2 Å². The van der Waals surface area contributed by atoms with Crippen molar-refractivity contribution in [2.24, 2.45) is 0 Å². The van der Waals surface area contributed by atoms with Gasteiger partial charge in [-0.1, -0.05) is 0 Å². The lowest BCUT2D eigenvalue weighted by atomic mass is 9.92. The number of benzene rings is 1. The van der Waals surface area contributed by atoms with E-state index in [1.165, 1.54) is 6.42 Å². The van der Waals surface area contributed by atoms with Crippen LogP contribution >= 0.6 is 0 Å². The van der Waals surface area contributed by atoms with Crippen molar-refractivity contribution >= 4 is 0 Å². The summed E-state index contributed by atoms with van der Waals surface area (Å²) in [4.78, 5) is 0. The van der Waals surface area contributed by atoms with Gasteiger partial charge in [-0.3, -0.25) is 0 Å². The van der Waals surface area contributed by atoms with Crippen LogP contribution in [0.3, 0.4) is 0 Å². The number of fused-ring (bicyclic) bond motifs is 1. The lowest BCUT2D eigenvalue weighted by Crippen LogP contribution is -2.34. The predicted molar refractivity (Wildman–Crippen MR) is 90.7 cm³/mol. The second-order valence-electron chi connectivity index (χ2n) is 6.67. The summed E-state index contributed by atoms with van der Waals surface area (Å²) in [5.74, 6) is 1.54. The lowest BCUT2D eigenvalue weighted by Gasteiger charge is -2.36. The van der Waals surface area contributed by atoms with E-state index in [0.29, 0.717) is 6.10 Å². The van der Waals surface area contributed by atoms with Crippen LogP contribution in [0.1, 0.15) is 50.0 Å². The van der Waals surface area contributed by atoms with Crippen LogP contribution in [0.15, 0.2) is 12.1 Å². The summed E-state index contributed by atoms with van der Waals surface area (Å²) in [5, 5.41) is 0. The third-order valence-electron chi connectivity index (χ3n) is 4.96. The summed E-state index contributed by atoms with van der Waals surface area (Å²) >= 11 is 0. The number of hydrogen-bond acceptors (Lipinski definition) is 5. The highest BCUT2D eigenvalue weighted by molar-refractivity contribution is 5.48. The Kier molecular flexibility index (Phi) is 5.64. The second kappa shape index (κ2) is 7.72. The zero-order chi connectivity index (χ0) is 17.1. The van der Waals surface area contributed by atoms with Gasteiger partial charge >= 0.3 is 0 Å². The van der Waals surface area contributed by atoms with Gasteiger partial charge in [0, 0.05) is 19.6 Å². The average molecular weight is 336 g/mol. The van der Waals surface area contributed by atoms with E-state index in [2.05, 4.69) is 13.0 Å². The minimum Gasteiger partial charge on any atom is -0.497 e. The zero-order valence-corrected chi connectivity index (χ0v) is 15.0. The molecule has 0 bridgehead atoms. The first-order chi connectivity index (χ1) is 11.6. The number of ether oxygens (including phenoxy) is 5. The molecule has 4 atom stereocenters. The molecule has 1 aromatic rings. The van der Waals surface area contributed by atoms with E-state index < -0.39 is 6.29 Å². The second-order valence-corrected chi connectivity index (χ2v) is 6.67. The fourth-order valence-corrected chi connectivity index (χ4v) is 3.79. The van der Waals surface area contributed by atoms with Gasteiger partial charge in [0.25, 0.3) is 0 Å². The summed E-state index contributed by atoms with van der Waals surface area (Å²) in [6, 6.07) is 3.93. The number of methoxy groups -OCH3 is 3. The van der Waals surface area contributed by atoms with Gasteiger partial charge < -0.3 is 23.7 Å². The van der Waals surface area contributed by atoms with Gasteiger partial charge in [0.05, 0.1) is 38.1 Å². The summed E-state index contributed by atoms with van der Waals surface area (Å²) in [6.45, 7) is 2.15. The van der Waals surface area contributed by atoms with Crippen molar-refractivity contribution in [3.05, 3.63) is 23.3 Å². The standard InChI is InChI=1S/C19H28O5/c1-12-6-5-7-14(23-12)10-16-9-13-8-15(20-2)11-17(21-3)18(13)19(22-4)24-16/h8,11-12,14,16,19H,5-7,9-10H2,1-4H3/t12-,14-,16-,19-/m1/s1. The molecule has 3 rings (SSSR count). The Balaban J connectivity index is 1.80. The van der Waals surface area contributed by atoms with Crippen LogP contribution in [0.2, 0.25) is 0 Å². The minimum atomic E-state index is -0.416. The molecule has 0 N–H and O–H groups in total. The zero-order valence-electron chi connectivity index (χ0n) is 15.0. The third-order valence-corrected chi connectivity index (χ3v) is 4.96. The number of rotatable bonds is 5. The van der Waals surface area contributed by atoms with Crippen molar-refractivity contribution in [2.75, 3.05) is 21.3 Å². The maximum Gasteiger partial charge on any atom is 0.187 e. The summed E-state index contributed by atoms with van der Waals surface area (Å²) in [5.41, 5.74) is 2.13. The van der Waals surface area contributed by atoms with Crippen molar-refractivity contribution in [1.29, 1.82) is 0 Å². The topological polar surface area (TPSA) is 46.2 Å². The van der Waals surface area contributed by atoms with Crippen LogP contribution in [0.25, 0.3) is 0 Å². The van der Waals surface area contributed by atoms with Crippen LogP contribution in [0.5, 0.6) is 11.5 Å². The lowest BCUT2D eigenvalue weighted by molar-refractivity contribution is -0.181. The van der Waals surface area contributed by atoms with Gasteiger partial charge in [0.2, 0.25) is 0 Å². The van der Waals surface area contributed by atoms with E-state index in [9.17, 15) is 0 Å². The van der Waals surface area contributed by atoms with Crippen molar-refractivity contribution in [1.82, 2.24) is 0 Å². The fraction of sp³-hybridized carbons (Fsp3) is 0.684. The molecule has 0 aliphatic carbocycles. The molecular formula is C19H28O5. The first-order valence-corrected chi connectivity index (χ1v) is 8.73. The van der Waals surface area contributed by atoms with Crippen LogP contribution in [-0.2, 0) is 20.6 Å². The maximum atomic E-state index is 6.19. The molecule has 5 nitrogen and oxygen atoms in total. The Bertz CT molecular complexity index is 559. The number of hydrogen-bond donors (Lipinski definition) is 0. The summed E-state index contributed by atoms with van der Waals surface area (Å²) in [6.07, 6.45) is 5.47. The molecule has 0 saturated carbocycles. The summed E-state index contributed by atoms with van der Waals surface area (Å²) < 4.78 is 28.8. The first-order valence-electron chi connectivity index (χ1n) is 8.73. The van der Waals surface area contributed by atoms with E-state index >= 15 is 0 Å². The molecule has 0 aromatic heterocycles. The van der Waals surface area contributed by atoms with E-state index in [1.54, 1.807) is 21.3 Å². The molecule has 5 heteroatoms. The molecule has 0 amide bonds. The van der Waals surface area contributed by atoms with E-state index in [4.69, 9.17) is 23.7 Å². The van der Waals surface area contributed by atoms with Crippen molar-refractivity contribution in [2.45, 2.75) is 63.6 Å². The molecule has 2 aliphatic rings. The predicted octanol–water partition coefficient (Wildman–Crippen LogP) is 3.64. The van der Waals surface area contributed by atoms with E-state index in [1.807, 2.05) is 6.07 Å². The molecular weight excluding hydrogens is 308 g/mol. The molecule has 0 unspecified atom stereocenters. The smallest absolute Gasteiger partial charge is 0.187 e. The Labute approximate surface area is 144 Å². The largest absolute Gasteiger partial charge is 0.497 e. The molecule has 2 aliphatic heterocycles. The van der Waals surface area contributed by atoms with Gasteiger partial charge in [0.15, 0.2) is 6.29 Å². The fourth-order valence-electron chi connectivity index (χ4n) is 3.79. The van der Waals surface area contributed by atoms with Gasteiger partial charge in [-0.25, -0.2) is 0 Å². The van der Waals surface area contributed by atoms with Gasteiger partial charge in [-0.2, -0.15) is 0 Å². The Morgan fingerprint density at radius 1 is 1.04 bits per heavy atom. The van der Waals surface area contributed by atoms with Crippen molar-refractivity contribution in [3.63, 3.8) is 0 Å². The Morgan fingerprint density at radius 3 is 2.54 bits per heavy atom. The molecule has 1 saturated heterocycles. The highest BCUT2D eigenvalue weighted by atomic mass is 16.7. The van der Waals surface area contributed by atoms with Crippen molar-refractivity contribution in [3.8, 4) is 11.5 Å². The molecule has 0 spiro atoms. The average Bonchev–Trinajstić information content (AvgIpc) is 2.59. The van der Waals surface area contributed by atoms with Crippen LogP contribution in [-0.4, -0.2) is 39.6 Å². The van der Waals surface area contributed by atoms with E-state index in [0.717, 1.165) is 48.3 Å².